The van der Waals surface area contributed by atoms with Crippen LogP contribution in [-0.2, 0) is 11.3 Å². The van der Waals surface area contributed by atoms with Crippen LogP contribution in [0.2, 0.25) is 0 Å². The van der Waals surface area contributed by atoms with E-state index in [-0.39, 0.29) is 12.1 Å². The molecule has 0 bridgehead atoms. The lowest BCUT2D eigenvalue weighted by atomic mass is 10.0. The highest BCUT2D eigenvalue weighted by atomic mass is 32.1. The van der Waals surface area contributed by atoms with Crippen LogP contribution in [0.4, 0.5) is 0 Å². The molecule has 1 saturated heterocycles. The van der Waals surface area contributed by atoms with Crippen LogP contribution in [0.15, 0.2) is 89.7 Å². The minimum atomic E-state index is -0.392. The average Bonchev–Trinajstić information content (AvgIpc) is 3.50. The molecule has 0 aliphatic carbocycles. The third kappa shape index (κ3) is 4.27. The molecule has 5 rings (SSSR count). The molecule has 2 unspecified atom stereocenters. The van der Waals surface area contributed by atoms with E-state index in [0.717, 1.165) is 22.6 Å². The van der Waals surface area contributed by atoms with Crippen molar-refractivity contribution in [2.45, 2.75) is 18.6 Å². The number of nitrogens with one attached hydrogen (secondary N) is 1. The number of benzene rings is 1. The van der Waals surface area contributed by atoms with E-state index in [2.05, 4.69) is 20.2 Å². The van der Waals surface area contributed by atoms with E-state index in [0.29, 0.717) is 23.0 Å². The maximum Gasteiger partial charge on any atom is 0.337 e. The molecular formula is C26H22N4O3S. The maximum atomic E-state index is 12.0. The fourth-order valence-electron chi connectivity index (χ4n) is 4.16. The summed E-state index contributed by atoms with van der Waals surface area (Å²) in [4.78, 5) is 22.9. The van der Waals surface area contributed by atoms with Crippen molar-refractivity contribution in [2.75, 3.05) is 7.11 Å². The number of pyridine rings is 2. The Hall–Kier alpha value is -4.04. The van der Waals surface area contributed by atoms with Crippen molar-refractivity contribution in [3.05, 3.63) is 108 Å². The van der Waals surface area contributed by atoms with Crippen LogP contribution in [0.1, 0.15) is 39.5 Å². The van der Waals surface area contributed by atoms with Crippen LogP contribution in [0.3, 0.4) is 0 Å². The van der Waals surface area contributed by atoms with Crippen LogP contribution < -0.4 is 5.32 Å². The summed E-state index contributed by atoms with van der Waals surface area (Å²) in [6, 6.07) is 20.4. The van der Waals surface area contributed by atoms with E-state index in [1.807, 2.05) is 54.7 Å². The van der Waals surface area contributed by atoms with Gasteiger partial charge in [-0.2, -0.15) is 0 Å². The molecule has 1 N–H and O–H groups in total. The van der Waals surface area contributed by atoms with Gasteiger partial charge in [0.15, 0.2) is 5.11 Å². The van der Waals surface area contributed by atoms with Gasteiger partial charge < -0.3 is 19.4 Å². The predicted octanol–water partition coefficient (Wildman–Crippen LogP) is 4.70. The first kappa shape index (κ1) is 21.8. The van der Waals surface area contributed by atoms with E-state index >= 15 is 0 Å². The number of hydrogen-bond donors (Lipinski definition) is 1. The summed E-state index contributed by atoms with van der Waals surface area (Å²) in [5.74, 6) is 1.00. The Morgan fingerprint density at radius 3 is 2.79 bits per heavy atom. The number of carbonyl (C=O) groups excluding carboxylic acids is 1. The van der Waals surface area contributed by atoms with Gasteiger partial charge in [0.2, 0.25) is 0 Å². The summed E-state index contributed by atoms with van der Waals surface area (Å²) in [5, 5.41) is 4.04. The van der Waals surface area contributed by atoms with Gasteiger partial charge in [-0.05, 0) is 60.2 Å². The highest BCUT2D eigenvalue weighted by Gasteiger charge is 2.41. The second-order valence-electron chi connectivity index (χ2n) is 7.89. The number of ether oxygens (including phenoxy) is 1. The molecule has 34 heavy (non-hydrogen) atoms. The van der Waals surface area contributed by atoms with Crippen LogP contribution in [0, 0.1) is 0 Å². The van der Waals surface area contributed by atoms with Gasteiger partial charge in [-0.15, -0.1) is 0 Å². The molecule has 0 spiro atoms. The number of thiocarbonyl (C=S) groups is 1. The van der Waals surface area contributed by atoms with Crippen LogP contribution in [-0.4, -0.2) is 33.1 Å². The summed E-state index contributed by atoms with van der Waals surface area (Å²) >= 11 is 5.73. The number of rotatable bonds is 6. The van der Waals surface area contributed by atoms with Crippen molar-refractivity contribution in [2.24, 2.45) is 0 Å². The minimum Gasteiger partial charge on any atom is -0.465 e. The normalized spacial score (nSPS) is 17.4. The highest BCUT2D eigenvalue weighted by molar-refractivity contribution is 7.80. The molecule has 1 aliphatic heterocycles. The second kappa shape index (κ2) is 9.44. The zero-order valence-electron chi connectivity index (χ0n) is 18.4. The Labute approximate surface area is 202 Å². The van der Waals surface area contributed by atoms with Crippen LogP contribution in [0.5, 0.6) is 0 Å². The van der Waals surface area contributed by atoms with Gasteiger partial charge in [0.25, 0.3) is 0 Å². The Morgan fingerprint density at radius 1 is 1.12 bits per heavy atom. The van der Waals surface area contributed by atoms with Gasteiger partial charge >= 0.3 is 5.97 Å². The first-order valence-electron chi connectivity index (χ1n) is 10.8. The minimum absolute atomic E-state index is 0.189. The molecule has 1 aliphatic rings. The lowest BCUT2D eigenvalue weighted by Crippen LogP contribution is -2.29. The molecule has 0 saturated carbocycles. The quantitative estimate of drug-likeness (QED) is 0.321. The molecular weight excluding hydrogens is 448 g/mol. The Morgan fingerprint density at radius 2 is 2.03 bits per heavy atom. The van der Waals surface area contributed by atoms with Gasteiger partial charge in [-0.1, -0.05) is 24.3 Å². The number of carbonyl (C=O) groups is 1. The maximum absolute atomic E-state index is 12.0. The first-order valence-corrected chi connectivity index (χ1v) is 11.2. The number of hydrogen-bond acceptors (Lipinski definition) is 6. The molecule has 0 radical (unpaired) electrons. The zero-order valence-corrected chi connectivity index (χ0v) is 19.2. The standard InChI is InChI=1S/C26H22N4O3S/c1-32-25(31)19-8-4-7-18(14-19)21-10-11-22(33-21)24-23(20-9-2-3-13-28-20)29-26(34)30(24)16-17-6-5-12-27-15-17/h2-15,23-24H,16H2,1H3,(H,29,34). The Balaban J connectivity index is 1.52. The molecule has 8 heteroatoms. The van der Waals surface area contributed by atoms with E-state index in [9.17, 15) is 4.79 Å². The number of aromatic nitrogens is 2. The largest absolute Gasteiger partial charge is 0.465 e. The van der Waals surface area contributed by atoms with Crippen molar-refractivity contribution in [1.29, 1.82) is 0 Å². The van der Waals surface area contributed by atoms with Crippen molar-refractivity contribution < 1.29 is 13.9 Å². The number of furan rings is 1. The van der Waals surface area contributed by atoms with E-state index < -0.39 is 5.97 Å². The summed E-state index contributed by atoms with van der Waals surface area (Å²) in [5.41, 5.74) is 3.16. The fraction of sp³-hybridized carbons (Fsp3) is 0.154. The number of methoxy groups -OCH3 is 1. The van der Waals surface area contributed by atoms with E-state index in [1.165, 1.54) is 7.11 Å². The van der Waals surface area contributed by atoms with Crippen molar-refractivity contribution in [3.8, 4) is 11.3 Å². The van der Waals surface area contributed by atoms with Crippen molar-refractivity contribution in [3.63, 3.8) is 0 Å². The summed E-state index contributed by atoms with van der Waals surface area (Å²) < 4.78 is 11.2. The molecule has 3 aromatic heterocycles. The predicted molar refractivity (Wildman–Crippen MR) is 131 cm³/mol. The second-order valence-corrected chi connectivity index (χ2v) is 8.28. The van der Waals surface area contributed by atoms with Crippen molar-refractivity contribution in [1.82, 2.24) is 20.2 Å². The summed E-state index contributed by atoms with van der Waals surface area (Å²) in [7, 11) is 1.37. The van der Waals surface area contributed by atoms with E-state index in [4.69, 9.17) is 21.4 Å². The third-order valence-electron chi connectivity index (χ3n) is 5.76. The number of nitrogens with zero attached hydrogens (tertiary/aromatic N) is 3. The smallest absolute Gasteiger partial charge is 0.337 e. The lowest BCUT2D eigenvalue weighted by molar-refractivity contribution is 0.0601. The van der Waals surface area contributed by atoms with Crippen LogP contribution in [0.25, 0.3) is 11.3 Å². The topological polar surface area (TPSA) is 80.5 Å². The molecule has 4 aromatic rings. The molecule has 1 aromatic carbocycles. The van der Waals surface area contributed by atoms with Gasteiger partial charge in [0, 0.05) is 30.7 Å². The van der Waals surface area contributed by atoms with Gasteiger partial charge in [0.1, 0.15) is 17.6 Å². The van der Waals surface area contributed by atoms with Gasteiger partial charge in [-0.3, -0.25) is 9.97 Å². The summed E-state index contributed by atoms with van der Waals surface area (Å²) in [6.07, 6.45) is 5.35. The molecule has 1 fully saturated rings. The molecule has 7 nitrogen and oxygen atoms in total. The summed E-state index contributed by atoms with van der Waals surface area (Å²) in [6.45, 7) is 0.571. The SMILES string of the molecule is COC(=O)c1cccc(-c2ccc(C3C(c4ccccn4)NC(=S)N3Cc3cccnc3)o2)c1. The molecule has 2 atom stereocenters. The fourth-order valence-corrected chi connectivity index (χ4v) is 4.46. The third-order valence-corrected chi connectivity index (χ3v) is 6.11. The van der Waals surface area contributed by atoms with Gasteiger partial charge in [-0.25, -0.2) is 4.79 Å². The average molecular weight is 471 g/mol. The molecule has 0 amide bonds. The van der Waals surface area contributed by atoms with Crippen molar-refractivity contribution >= 4 is 23.3 Å². The van der Waals surface area contributed by atoms with E-state index in [1.54, 1.807) is 30.6 Å². The molecule has 170 valence electrons. The lowest BCUT2D eigenvalue weighted by Gasteiger charge is -2.26. The first-order chi connectivity index (χ1) is 16.6. The zero-order chi connectivity index (χ0) is 23.5. The molecule has 4 heterocycles. The Kier molecular flexibility index (Phi) is 6.05. The van der Waals surface area contributed by atoms with Gasteiger partial charge in [0.05, 0.1) is 24.4 Å². The monoisotopic (exact) mass is 470 g/mol. The number of esters is 1. The highest BCUT2D eigenvalue weighted by Crippen LogP contribution is 2.41. The van der Waals surface area contributed by atoms with Crippen LogP contribution >= 0.6 is 12.2 Å². The Bertz CT molecular complexity index is 1310.